The monoisotopic (exact) mass is 723 g/mol. The maximum absolute atomic E-state index is 11.9. The molecule has 10 nitrogen and oxygen atoms in total. The predicted molar refractivity (Wildman–Crippen MR) is 198 cm³/mol. The Morgan fingerprint density at radius 2 is 1.04 bits per heavy atom. The second kappa shape index (κ2) is 39.5. The number of carbonyl (C=O) groups excluding carboxylic acids is 2. The van der Waals surface area contributed by atoms with Gasteiger partial charge in [0, 0.05) is 6.42 Å². The van der Waals surface area contributed by atoms with Gasteiger partial charge >= 0.3 is 13.8 Å². The first-order valence-electron chi connectivity index (χ1n) is 19.6. The molecule has 11 heteroatoms. The average molecular weight is 723 g/mol. The van der Waals surface area contributed by atoms with Gasteiger partial charge in [0.05, 0.1) is 19.8 Å². The Kier molecular flexibility index (Phi) is 40.2. The minimum atomic E-state index is -4.54. The number of phosphoric acid groups is 1. The van der Waals surface area contributed by atoms with Crippen LogP contribution in [0.25, 0.3) is 0 Å². The summed E-state index contributed by atoms with van der Waals surface area (Å²) in [7, 11) is -4.54. The highest BCUT2D eigenvalue weighted by molar-refractivity contribution is 7.47. The number of unbranched alkanes of at least 4 members (excludes halogenated alkanes) is 21. The van der Waals surface area contributed by atoms with Crippen LogP contribution in [0, 0.1) is 0 Å². The van der Waals surface area contributed by atoms with Crippen LogP contribution in [0.15, 0.2) is 12.2 Å². The van der Waals surface area contributed by atoms with Crippen LogP contribution in [0.3, 0.4) is 0 Å². The lowest BCUT2D eigenvalue weighted by Gasteiger charge is -2.18. The zero-order valence-corrected chi connectivity index (χ0v) is 32.4. The lowest BCUT2D eigenvalue weighted by Crippen LogP contribution is -2.27. The molecule has 0 heterocycles. The highest BCUT2D eigenvalue weighted by Crippen LogP contribution is 2.43. The van der Waals surface area contributed by atoms with E-state index in [-0.39, 0.29) is 19.5 Å². The zero-order chi connectivity index (χ0) is 36.7. The van der Waals surface area contributed by atoms with Crippen LogP contribution in [0.5, 0.6) is 0 Å². The molecule has 0 fully saturated rings. The SMILES string of the molecule is CCCCCC/C=C\CCCCCCC.CCCCCCCCCCCCCCCC(=O)OC[C@H](COP(=O)(O)OC[C@@H](O)CO)OC=O. The van der Waals surface area contributed by atoms with Crippen molar-refractivity contribution in [3.05, 3.63) is 12.2 Å². The van der Waals surface area contributed by atoms with Crippen LogP contribution in [0.4, 0.5) is 0 Å². The molecule has 0 aromatic rings. The molecule has 0 amide bonds. The van der Waals surface area contributed by atoms with Crippen molar-refractivity contribution in [2.75, 3.05) is 26.4 Å². The van der Waals surface area contributed by atoms with Gasteiger partial charge in [-0.3, -0.25) is 18.6 Å². The van der Waals surface area contributed by atoms with Crippen molar-refractivity contribution in [3.63, 3.8) is 0 Å². The highest BCUT2D eigenvalue weighted by Gasteiger charge is 2.26. The van der Waals surface area contributed by atoms with Gasteiger partial charge < -0.3 is 24.6 Å². The van der Waals surface area contributed by atoms with Crippen LogP contribution in [0.2, 0.25) is 0 Å². The summed E-state index contributed by atoms with van der Waals surface area (Å²) in [5, 5.41) is 17.8. The van der Waals surface area contributed by atoms with Crippen LogP contribution in [-0.4, -0.2) is 66.2 Å². The van der Waals surface area contributed by atoms with Crippen molar-refractivity contribution < 1.29 is 47.8 Å². The normalized spacial score (nSPS) is 13.8. The van der Waals surface area contributed by atoms with Crippen molar-refractivity contribution in [1.82, 2.24) is 0 Å². The van der Waals surface area contributed by atoms with E-state index in [9.17, 15) is 19.0 Å². The highest BCUT2D eigenvalue weighted by atomic mass is 31.2. The van der Waals surface area contributed by atoms with E-state index < -0.39 is 45.8 Å². The minimum Gasteiger partial charge on any atom is -0.462 e. The first-order chi connectivity index (χ1) is 23.8. The minimum absolute atomic E-state index is 0.118. The Hall–Kier alpha value is -1.29. The Balaban J connectivity index is 0. The number of phosphoric ester groups is 1. The van der Waals surface area contributed by atoms with Crippen LogP contribution >= 0.6 is 7.82 Å². The Morgan fingerprint density at radius 3 is 1.49 bits per heavy atom. The Labute approximate surface area is 299 Å². The maximum atomic E-state index is 11.9. The van der Waals surface area contributed by atoms with Gasteiger partial charge in [-0.25, -0.2) is 4.57 Å². The number of hydrogen-bond acceptors (Lipinski definition) is 9. The topological polar surface area (TPSA) is 149 Å². The summed E-state index contributed by atoms with van der Waals surface area (Å²) in [4.78, 5) is 32.0. The maximum Gasteiger partial charge on any atom is 0.472 e. The van der Waals surface area contributed by atoms with E-state index in [1.807, 2.05) is 0 Å². The van der Waals surface area contributed by atoms with Gasteiger partial charge in [-0.15, -0.1) is 0 Å². The van der Waals surface area contributed by atoms with Gasteiger partial charge in [0.1, 0.15) is 12.7 Å². The molecule has 0 bridgehead atoms. The second-order valence-corrected chi connectivity index (χ2v) is 14.4. The number of allylic oxidation sites excluding steroid dienone is 2. The first kappa shape index (κ1) is 49.8. The summed E-state index contributed by atoms with van der Waals surface area (Å²) in [6.45, 7) is 4.76. The number of aliphatic hydroxyl groups excluding tert-OH is 2. The summed E-state index contributed by atoms with van der Waals surface area (Å²) in [5.74, 6) is -0.447. The summed E-state index contributed by atoms with van der Waals surface area (Å²) in [6, 6.07) is 0. The predicted octanol–water partition coefficient (Wildman–Crippen LogP) is 9.91. The smallest absolute Gasteiger partial charge is 0.462 e. The number of rotatable bonds is 36. The van der Waals surface area contributed by atoms with Crippen LogP contribution in [-0.2, 0) is 32.7 Å². The van der Waals surface area contributed by atoms with Gasteiger partial charge in [0.2, 0.25) is 0 Å². The van der Waals surface area contributed by atoms with E-state index in [2.05, 4.69) is 42.0 Å². The number of ether oxygens (including phenoxy) is 2. The van der Waals surface area contributed by atoms with Crippen molar-refractivity contribution in [2.24, 2.45) is 0 Å². The fraction of sp³-hybridized carbons (Fsp3) is 0.895. The van der Waals surface area contributed by atoms with E-state index in [4.69, 9.17) is 19.7 Å². The molecule has 0 rings (SSSR count). The molecule has 0 aliphatic rings. The molecule has 0 saturated carbocycles. The molecule has 3 atom stereocenters. The first-order valence-corrected chi connectivity index (χ1v) is 21.1. The van der Waals surface area contributed by atoms with Gasteiger partial charge in [-0.1, -0.05) is 155 Å². The van der Waals surface area contributed by atoms with Gasteiger partial charge in [0.15, 0.2) is 6.10 Å². The molecule has 49 heavy (non-hydrogen) atoms. The second-order valence-electron chi connectivity index (χ2n) is 13.0. The molecule has 0 aromatic heterocycles. The van der Waals surface area contributed by atoms with Gasteiger partial charge in [-0.05, 0) is 32.1 Å². The molecule has 0 aliphatic heterocycles. The summed E-state index contributed by atoms with van der Waals surface area (Å²) < 4.78 is 30.6. The fourth-order valence-electron chi connectivity index (χ4n) is 4.99. The van der Waals surface area contributed by atoms with Crippen molar-refractivity contribution in [2.45, 2.75) is 193 Å². The molecule has 0 radical (unpaired) electrons. The average Bonchev–Trinajstić information content (AvgIpc) is 3.09. The molecule has 292 valence electrons. The number of carbonyl (C=O) groups is 2. The molecule has 3 N–H and O–H groups in total. The summed E-state index contributed by atoms with van der Waals surface area (Å²) in [6.07, 6.45) is 33.5. The van der Waals surface area contributed by atoms with Crippen molar-refractivity contribution >= 4 is 20.3 Å². The zero-order valence-electron chi connectivity index (χ0n) is 31.5. The van der Waals surface area contributed by atoms with Gasteiger partial charge in [-0.2, -0.15) is 0 Å². The summed E-state index contributed by atoms with van der Waals surface area (Å²) >= 11 is 0. The number of aliphatic hydroxyl groups is 2. The van der Waals surface area contributed by atoms with Gasteiger partial charge in [0.25, 0.3) is 6.47 Å². The van der Waals surface area contributed by atoms with Crippen molar-refractivity contribution in [1.29, 1.82) is 0 Å². The van der Waals surface area contributed by atoms with E-state index in [1.54, 1.807) is 0 Å². The third-order valence-corrected chi connectivity index (χ3v) is 9.04. The quantitative estimate of drug-likeness (QED) is 0.0188. The van der Waals surface area contributed by atoms with Crippen molar-refractivity contribution in [3.8, 4) is 0 Å². The summed E-state index contributed by atoms with van der Waals surface area (Å²) in [5.41, 5.74) is 0. The lowest BCUT2D eigenvalue weighted by atomic mass is 10.0. The number of hydrogen-bond donors (Lipinski definition) is 3. The third kappa shape index (κ3) is 41.0. The van der Waals surface area contributed by atoms with Crippen LogP contribution < -0.4 is 0 Å². The molecule has 0 saturated heterocycles. The Bertz CT molecular complexity index is 780. The number of esters is 1. The standard InChI is InChI=1S/C23H45O10P.C15H30/c1-2-3-4-5-6-7-8-9-10-11-12-13-14-15-23(27)30-18-22(31-20-25)19-33-34(28,29)32-17-21(26)16-24;1-3-5-7-9-11-13-15-14-12-10-8-6-4-2/h20-22,24,26H,2-19H2,1H3,(H,28,29);13,15H,3-12,14H2,1-2H3/b;15-13-/t21-,22+;/m0./s1. The lowest BCUT2D eigenvalue weighted by molar-refractivity contribution is -0.153. The van der Waals surface area contributed by atoms with E-state index in [0.717, 1.165) is 19.3 Å². The largest absolute Gasteiger partial charge is 0.472 e. The van der Waals surface area contributed by atoms with Crippen LogP contribution in [0.1, 0.15) is 181 Å². The molecular formula is C38H75O10P. The molecule has 1 unspecified atom stereocenters. The molecule has 0 spiro atoms. The molecular weight excluding hydrogens is 647 g/mol. The van der Waals surface area contributed by atoms with E-state index in [1.165, 1.54) is 128 Å². The third-order valence-electron chi connectivity index (χ3n) is 8.09. The van der Waals surface area contributed by atoms with E-state index in [0.29, 0.717) is 6.42 Å². The molecule has 0 aromatic carbocycles. The fourth-order valence-corrected chi connectivity index (χ4v) is 5.78. The van der Waals surface area contributed by atoms with E-state index >= 15 is 0 Å². The molecule has 0 aliphatic carbocycles. The Morgan fingerprint density at radius 1 is 0.633 bits per heavy atom.